The van der Waals surface area contributed by atoms with Gasteiger partial charge >= 0.3 is 0 Å². The van der Waals surface area contributed by atoms with E-state index in [1.165, 1.54) is 19.4 Å². The van der Waals surface area contributed by atoms with E-state index in [0.717, 1.165) is 26.1 Å². The Morgan fingerprint density at radius 3 is 3.12 bits per heavy atom. The zero-order chi connectivity index (χ0) is 11.2. The van der Waals surface area contributed by atoms with Crippen LogP contribution in [0.5, 0.6) is 0 Å². The summed E-state index contributed by atoms with van der Waals surface area (Å²) in [6, 6.07) is 0. The number of hydrogen-bond donors (Lipinski definition) is 0. The first-order valence-corrected chi connectivity index (χ1v) is 5.96. The van der Waals surface area contributed by atoms with Crippen molar-refractivity contribution in [2.45, 2.75) is 31.9 Å². The second kappa shape index (κ2) is 5.96. The summed E-state index contributed by atoms with van der Waals surface area (Å²) in [7, 11) is 1.81. The van der Waals surface area contributed by atoms with E-state index in [-0.39, 0.29) is 0 Å². The molecule has 0 saturated carbocycles. The lowest BCUT2D eigenvalue weighted by Crippen LogP contribution is -2.39. The summed E-state index contributed by atoms with van der Waals surface area (Å²) in [6.07, 6.45) is 7.37. The zero-order valence-corrected chi connectivity index (χ0v) is 9.88. The van der Waals surface area contributed by atoms with Crippen molar-refractivity contribution in [2.75, 3.05) is 26.7 Å². The fourth-order valence-electron chi connectivity index (χ4n) is 2.21. The minimum Gasteiger partial charge on any atom is -0.380 e. The summed E-state index contributed by atoms with van der Waals surface area (Å²) in [6.45, 7) is 4.36. The molecular weight excluding hydrogens is 204 g/mol. The smallest absolute Gasteiger partial charge is 0.137 e. The molecule has 2 heterocycles. The second-order valence-corrected chi connectivity index (χ2v) is 4.31. The van der Waals surface area contributed by atoms with Gasteiger partial charge in [0.25, 0.3) is 0 Å². The van der Waals surface area contributed by atoms with Crippen LogP contribution in [-0.2, 0) is 11.3 Å². The van der Waals surface area contributed by atoms with Crippen LogP contribution in [-0.4, -0.2) is 52.5 Å². The SMILES string of the molecule is COC1CCCN(CCCn2cncn2)C1. The highest BCUT2D eigenvalue weighted by atomic mass is 16.5. The zero-order valence-electron chi connectivity index (χ0n) is 9.88. The Hall–Kier alpha value is -0.940. The molecule has 0 N–H and O–H groups in total. The van der Waals surface area contributed by atoms with Crippen LogP contribution in [0.2, 0.25) is 0 Å². The lowest BCUT2D eigenvalue weighted by atomic mass is 10.1. The van der Waals surface area contributed by atoms with E-state index in [9.17, 15) is 0 Å². The third-order valence-electron chi connectivity index (χ3n) is 3.12. The standard InChI is InChI=1S/C11H20N4O/c1-16-11-4-2-5-14(8-11)6-3-7-15-10-12-9-13-15/h9-11H,2-8H2,1H3. The molecule has 1 aromatic heterocycles. The van der Waals surface area contributed by atoms with Gasteiger partial charge < -0.3 is 9.64 Å². The van der Waals surface area contributed by atoms with Crippen molar-refractivity contribution in [3.63, 3.8) is 0 Å². The molecule has 1 aliphatic rings. The largest absolute Gasteiger partial charge is 0.380 e. The summed E-state index contributed by atoms with van der Waals surface area (Å²) >= 11 is 0. The molecule has 0 bridgehead atoms. The fourth-order valence-corrected chi connectivity index (χ4v) is 2.21. The van der Waals surface area contributed by atoms with Crippen LogP contribution in [0.25, 0.3) is 0 Å². The molecule has 0 aliphatic carbocycles. The molecule has 0 aromatic carbocycles. The van der Waals surface area contributed by atoms with E-state index in [2.05, 4.69) is 15.0 Å². The van der Waals surface area contributed by atoms with Gasteiger partial charge in [0.15, 0.2) is 0 Å². The number of ether oxygens (including phenoxy) is 1. The number of likely N-dealkylation sites (tertiary alicyclic amines) is 1. The van der Waals surface area contributed by atoms with Crippen molar-refractivity contribution in [3.8, 4) is 0 Å². The van der Waals surface area contributed by atoms with Gasteiger partial charge in [-0.15, -0.1) is 0 Å². The van der Waals surface area contributed by atoms with Crippen LogP contribution in [0.1, 0.15) is 19.3 Å². The molecular formula is C11H20N4O. The van der Waals surface area contributed by atoms with Crippen molar-refractivity contribution >= 4 is 0 Å². The molecule has 1 atom stereocenters. The quantitative estimate of drug-likeness (QED) is 0.741. The second-order valence-electron chi connectivity index (χ2n) is 4.31. The average Bonchev–Trinajstić information content (AvgIpc) is 2.82. The van der Waals surface area contributed by atoms with Crippen molar-refractivity contribution in [1.82, 2.24) is 19.7 Å². The van der Waals surface area contributed by atoms with Crippen LogP contribution in [0.4, 0.5) is 0 Å². The summed E-state index contributed by atoms with van der Waals surface area (Å²) < 4.78 is 7.29. The maximum absolute atomic E-state index is 5.40. The minimum atomic E-state index is 0.431. The molecule has 0 spiro atoms. The molecule has 16 heavy (non-hydrogen) atoms. The Kier molecular flexibility index (Phi) is 4.30. The molecule has 1 unspecified atom stereocenters. The van der Waals surface area contributed by atoms with Crippen LogP contribution < -0.4 is 0 Å². The molecule has 1 fully saturated rings. The number of aryl methyl sites for hydroxylation is 1. The normalized spacial score (nSPS) is 22.4. The molecule has 0 radical (unpaired) electrons. The Labute approximate surface area is 96.4 Å². The van der Waals surface area contributed by atoms with E-state index in [0.29, 0.717) is 6.10 Å². The van der Waals surface area contributed by atoms with Gasteiger partial charge in [0.1, 0.15) is 12.7 Å². The number of nitrogens with zero attached hydrogens (tertiary/aromatic N) is 4. The lowest BCUT2D eigenvalue weighted by molar-refractivity contribution is 0.0306. The maximum Gasteiger partial charge on any atom is 0.137 e. The molecule has 90 valence electrons. The predicted molar refractivity (Wildman–Crippen MR) is 61.1 cm³/mol. The van der Waals surface area contributed by atoms with Crippen LogP contribution >= 0.6 is 0 Å². The number of methoxy groups -OCH3 is 1. The van der Waals surface area contributed by atoms with Gasteiger partial charge in [-0.2, -0.15) is 5.10 Å². The summed E-state index contributed by atoms with van der Waals surface area (Å²) in [4.78, 5) is 6.41. The van der Waals surface area contributed by atoms with E-state index in [4.69, 9.17) is 4.74 Å². The molecule has 1 aromatic rings. The molecule has 1 saturated heterocycles. The predicted octanol–water partition coefficient (Wildman–Crippen LogP) is 0.779. The first-order valence-electron chi connectivity index (χ1n) is 5.96. The summed E-state index contributed by atoms with van der Waals surface area (Å²) in [5.74, 6) is 0. The summed E-state index contributed by atoms with van der Waals surface area (Å²) in [5, 5.41) is 4.09. The molecule has 2 rings (SSSR count). The van der Waals surface area contributed by atoms with Crippen molar-refractivity contribution in [1.29, 1.82) is 0 Å². The van der Waals surface area contributed by atoms with Gasteiger partial charge in [-0.05, 0) is 25.8 Å². The van der Waals surface area contributed by atoms with Gasteiger partial charge in [0.2, 0.25) is 0 Å². The van der Waals surface area contributed by atoms with Gasteiger partial charge in [-0.25, -0.2) is 4.98 Å². The van der Waals surface area contributed by atoms with E-state index >= 15 is 0 Å². The number of piperidine rings is 1. The topological polar surface area (TPSA) is 43.2 Å². The van der Waals surface area contributed by atoms with Crippen LogP contribution in [0.3, 0.4) is 0 Å². The first-order chi connectivity index (χ1) is 7.88. The van der Waals surface area contributed by atoms with Crippen LogP contribution in [0, 0.1) is 0 Å². The monoisotopic (exact) mass is 224 g/mol. The maximum atomic E-state index is 5.40. The number of hydrogen-bond acceptors (Lipinski definition) is 4. The van der Waals surface area contributed by atoms with E-state index in [1.807, 2.05) is 11.8 Å². The van der Waals surface area contributed by atoms with Crippen molar-refractivity contribution in [3.05, 3.63) is 12.7 Å². The molecule has 0 amide bonds. The fraction of sp³-hybridized carbons (Fsp3) is 0.818. The highest BCUT2D eigenvalue weighted by Gasteiger charge is 2.18. The Morgan fingerprint density at radius 2 is 2.38 bits per heavy atom. The number of rotatable bonds is 5. The van der Waals surface area contributed by atoms with Gasteiger partial charge in [0, 0.05) is 26.7 Å². The minimum absolute atomic E-state index is 0.431. The Morgan fingerprint density at radius 1 is 1.44 bits per heavy atom. The highest BCUT2D eigenvalue weighted by molar-refractivity contribution is 4.72. The Balaban J connectivity index is 1.65. The molecule has 5 nitrogen and oxygen atoms in total. The van der Waals surface area contributed by atoms with Crippen molar-refractivity contribution < 1.29 is 4.74 Å². The van der Waals surface area contributed by atoms with Gasteiger partial charge in [-0.1, -0.05) is 0 Å². The Bertz CT molecular complexity index is 288. The lowest BCUT2D eigenvalue weighted by Gasteiger charge is -2.31. The third kappa shape index (κ3) is 3.28. The average molecular weight is 224 g/mol. The highest BCUT2D eigenvalue weighted by Crippen LogP contribution is 2.12. The summed E-state index contributed by atoms with van der Waals surface area (Å²) in [5.41, 5.74) is 0. The third-order valence-corrected chi connectivity index (χ3v) is 3.12. The van der Waals surface area contributed by atoms with E-state index < -0.39 is 0 Å². The van der Waals surface area contributed by atoms with Crippen molar-refractivity contribution in [2.24, 2.45) is 0 Å². The van der Waals surface area contributed by atoms with Gasteiger partial charge in [0.05, 0.1) is 6.10 Å². The van der Waals surface area contributed by atoms with Crippen LogP contribution in [0.15, 0.2) is 12.7 Å². The first kappa shape index (κ1) is 11.5. The number of aromatic nitrogens is 3. The molecule has 5 heteroatoms. The van der Waals surface area contributed by atoms with E-state index in [1.54, 1.807) is 12.7 Å². The van der Waals surface area contributed by atoms with Gasteiger partial charge in [-0.3, -0.25) is 4.68 Å². The molecule has 1 aliphatic heterocycles.